The van der Waals surface area contributed by atoms with Crippen molar-refractivity contribution in [3.63, 3.8) is 0 Å². The maximum absolute atomic E-state index is 12.8. The molecule has 2 aromatic rings. The molecule has 0 saturated carbocycles. The second kappa shape index (κ2) is 8.28. The Balaban J connectivity index is 1.88. The Kier molecular flexibility index (Phi) is 6.18. The van der Waals surface area contributed by atoms with Gasteiger partial charge >= 0.3 is 0 Å². The average Bonchev–Trinajstić information content (AvgIpc) is 3.18. The van der Waals surface area contributed by atoms with E-state index in [1.807, 2.05) is 0 Å². The van der Waals surface area contributed by atoms with E-state index in [1.165, 1.54) is 29.6 Å². The van der Waals surface area contributed by atoms with Gasteiger partial charge in [-0.2, -0.15) is 4.31 Å². The van der Waals surface area contributed by atoms with Gasteiger partial charge in [0.25, 0.3) is 0 Å². The summed E-state index contributed by atoms with van der Waals surface area (Å²) in [6.07, 6.45) is 1.63. The van der Waals surface area contributed by atoms with Crippen molar-refractivity contribution >= 4 is 37.3 Å². The van der Waals surface area contributed by atoms with Gasteiger partial charge in [0.15, 0.2) is 0 Å². The van der Waals surface area contributed by atoms with E-state index in [0.29, 0.717) is 23.7 Å². The fourth-order valence-electron chi connectivity index (χ4n) is 3.01. The summed E-state index contributed by atoms with van der Waals surface area (Å²) in [5.74, 6) is -0.0452. The van der Waals surface area contributed by atoms with E-state index >= 15 is 0 Å². The summed E-state index contributed by atoms with van der Waals surface area (Å²) < 4.78 is 59.7. The molecule has 0 spiro atoms. The number of nitrogens with zero attached hydrogens (tertiary/aromatic N) is 1. The third kappa shape index (κ3) is 4.78. The van der Waals surface area contributed by atoms with Crippen LogP contribution in [-0.2, 0) is 25.8 Å². The zero-order chi connectivity index (χ0) is 20.4. The molecule has 1 aliphatic heterocycles. The Hall–Kier alpha value is -1.81. The first kappa shape index (κ1) is 20.9. The van der Waals surface area contributed by atoms with E-state index in [1.54, 1.807) is 24.3 Å². The molecule has 2 aromatic carbocycles. The molecule has 28 heavy (non-hydrogen) atoms. The standard InChI is InChI=1S/C18H21ClN2O5S2/c1-26-18-9-8-16(28(24,25)21-10-2-3-11-21)12-17(18)20-27(22,23)13-14-4-6-15(19)7-5-14/h4-9,12,20H,2-3,10-11,13H2,1H3. The molecule has 10 heteroatoms. The van der Waals surface area contributed by atoms with Crippen molar-refractivity contribution in [2.24, 2.45) is 0 Å². The number of nitrogens with one attached hydrogen (secondary N) is 1. The van der Waals surface area contributed by atoms with Crippen LogP contribution >= 0.6 is 11.6 Å². The van der Waals surface area contributed by atoms with Gasteiger partial charge in [-0.1, -0.05) is 23.7 Å². The van der Waals surface area contributed by atoms with Crippen LogP contribution in [0.25, 0.3) is 0 Å². The van der Waals surface area contributed by atoms with Gasteiger partial charge in [-0.3, -0.25) is 4.72 Å². The van der Waals surface area contributed by atoms with Crippen LogP contribution in [0.15, 0.2) is 47.4 Å². The van der Waals surface area contributed by atoms with Gasteiger partial charge in [0.05, 0.1) is 23.4 Å². The number of benzene rings is 2. The van der Waals surface area contributed by atoms with Crippen molar-refractivity contribution in [1.29, 1.82) is 0 Å². The Morgan fingerprint density at radius 3 is 2.29 bits per heavy atom. The topological polar surface area (TPSA) is 92.8 Å². The fraction of sp³-hybridized carbons (Fsp3) is 0.333. The fourth-order valence-corrected chi connectivity index (χ4v) is 5.88. The third-order valence-corrected chi connectivity index (χ3v) is 7.80. The van der Waals surface area contributed by atoms with Gasteiger partial charge in [0, 0.05) is 18.1 Å². The van der Waals surface area contributed by atoms with Gasteiger partial charge in [0.1, 0.15) is 5.75 Å². The number of halogens is 1. The highest BCUT2D eigenvalue weighted by atomic mass is 35.5. The normalized spacial score (nSPS) is 15.5. The lowest BCUT2D eigenvalue weighted by atomic mass is 10.2. The van der Waals surface area contributed by atoms with Crippen LogP contribution in [0.4, 0.5) is 5.69 Å². The molecule has 0 bridgehead atoms. The molecule has 1 fully saturated rings. The molecule has 7 nitrogen and oxygen atoms in total. The maximum atomic E-state index is 12.8. The predicted octanol–water partition coefficient (Wildman–Crippen LogP) is 3.08. The molecule has 1 aliphatic rings. The molecule has 3 rings (SSSR count). The van der Waals surface area contributed by atoms with E-state index < -0.39 is 20.0 Å². The quantitative estimate of drug-likeness (QED) is 0.708. The van der Waals surface area contributed by atoms with E-state index in [9.17, 15) is 16.8 Å². The van der Waals surface area contributed by atoms with Crippen molar-refractivity contribution in [3.8, 4) is 5.75 Å². The molecule has 0 amide bonds. The van der Waals surface area contributed by atoms with Crippen LogP contribution in [0.5, 0.6) is 5.75 Å². The van der Waals surface area contributed by atoms with Gasteiger partial charge in [-0.25, -0.2) is 16.8 Å². The van der Waals surface area contributed by atoms with Crippen LogP contribution < -0.4 is 9.46 Å². The minimum atomic E-state index is -3.80. The molecule has 1 N–H and O–H groups in total. The molecule has 0 atom stereocenters. The largest absolute Gasteiger partial charge is 0.495 e. The second-order valence-electron chi connectivity index (χ2n) is 6.46. The summed E-state index contributed by atoms with van der Waals surface area (Å²) in [6.45, 7) is 0.929. The predicted molar refractivity (Wildman–Crippen MR) is 109 cm³/mol. The number of methoxy groups -OCH3 is 1. The lowest BCUT2D eigenvalue weighted by molar-refractivity contribution is 0.416. The SMILES string of the molecule is COc1ccc(S(=O)(=O)N2CCCC2)cc1NS(=O)(=O)Cc1ccc(Cl)cc1. The number of hydrogen-bond donors (Lipinski definition) is 1. The Morgan fingerprint density at radius 1 is 1.04 bits per heavy atom. The zero-order valence-electron chi connectivity index (χ0n) is 15.3. The lowest BCUT2D eigenvalue weighted by Gasteiger charge is -2.18. The first-order valence-corrected chi connectivity index (χ1v) is 12.1. The van der Waals surface area contributed by atoms with Crippen LogP contribution in [0, 0.1) is 0 Å². The molecule has 1 saturated heterocycles. The van der Waals surface area contributed by atoms with Crippen molar-refractivity contribution in [2.45, 2.75) is 23.5 Å². The first-order valence-electron chi connectivity index (χ1n) is 8.64. The highest BCUT2D eigenvalue weighted by Gasteiger charge is 2.28. The highest BCUT2D eigenvalue weighted by molar-refractivity contribution is 7.92. The van der Waals surface area contributed by atoms with Crippen molar-refractivity contribution in [3.05, 3.63) is 53.1 Å². The highest BCUT2D eigenvalue weighted by Crippen LogP contribution is 2.31. The molecule has 1 heterocycles. The number of hydrogen-bond acceptors (Lipinski definition) is 5. The van der Waals surface area contributed by atoms with Crippen molar-refractivity contribution < 1.29 is 21.6 Å². The summed E-state index contributed by atoms with van der Waals surface area (Å²) in [5, 5.41) is 0.510. The summed E-state index contributed by atoms with van der Waals surface area (Å²) in [4.78, 5) is 0.0272. The number of ether oxygens (including phenoxy) is 1. The number of sulfonamides is 2. The second-order valence-corrected chi connectivity index (χ2v) is 10.6. The molecule has 0 aromatic heterocycles. The average molecular weight is 445 g/mol. The Bertz CT molecular complexity index is 1050. The third-order valence-electron chi connectivity index (χ3n) is 4.41. The minimum absolute atomic E-state index is 0.0272. The summed E-state index contributed by atoms with van der Waals surface area (Å²) in [5.41, 5.74) is 0.633. The van der Waals surface area contributed by atoms with E-state index in [4.69, 9.17) is 16.3 Å². The van der Waals surface area contributed by atoms with E-state index in [0.717, 1.165) is 12.8 Å². The van der Waals surface area contributed by atoms with Crippen molar-refractivity contribution in [2.75, 3.05) is 24.9 Å². The van der Waals surface area contributed by atoms with Gasteiger partial charge in [-0.05, 0) is 48.7 Å². The summed E-state index contributed by atoms with van der Waals surface area (Å²) in [7, 11) is -6.08. The lowest BCUT2D eigenvalue weighted by Crippen LogP contribution is -2.28. The van der Waals surface area contributed by atoms with Crippen LogP contribution in [-0.4, -0.2) is 41.3 Å². The minimum Gasteiger partial charge on any atom is -0.495 e. The molecule has 0 unspecified atom stereocenters. The zero-order valence-corrected chi connectivity index (χ0v) is 17.6. The Morgan fingerprint density at radius 2 is 1.68 bits per heavy atom. The van der Waals surface area contributed by atoms with Crippen LogP contribution in [0.2, 0.25) is 5.02 Å². The van der Waals surface area contributed by atoms with Gasteiger partial charge < -0.3 is 4.74 Å². The van der Waals surface area contributed by atoms with Crippen LogP contribution in [0.1, 0.15) is 18.4 Å². The van der Waals surface area contributed by atoms with Gasteiger partial charge in [0.2, 0.25) is 20.0 Å². The van der Waals surface area contributed by atoms with Gasteiger partial charge in [-0.15, -0.1) is 0 Å². The molecular formula is C18H21ClN2O5S2. The van der Waals surface area contributed by atoms with E-state index in [2.05, 4.69) is 4.72 Å². The number of rotatable bonds is 7. The van der Waals surface area contributed by atoms with Crippen LogP contribution in [0.3, 0.4) is 0 Å². The van der Waals surface area contributed by atoms with E-state index in [-0.39, 0.29) is 22.1 Å². The Labute approximate surface area is 170 Å². The summed E-state index contributed by atoms with van der Waals surface area (Å²) >= 11 is 5.82. The number of anilines is 1. The summed E-state index contributed by atoms with van der Waals surface area (Å²) in [6, 6.07) is 10.6. The molecule has 0 aliphatic carbocycles. The molecule has 152 valence electrons. The monoisotopic (exact) mass is 444 g/mol. The smallest absolute Gasteiger partial charge is 0.243 e. The first-order chi connectivity index (χ1) is 13.2. The van der Waals surface area contributed by atoms with Crippen molar-refractivity contribution in [1.82, 2.24) is 4.31 Å². The molecule has 0 radical (unpaired) electrons. The maximum Gasteiger partial charge on any atom is 0.243 e. The molecular weight excluding hydrogens is 424 g/mol.